The second-order valence-electron chi connectivity index (χ2n) is 7.65. The van der Waals surface area contributed by atoms with Gasteiger partial charge in [0, 0.05) is 42.6 Å². The topological polar surface area (TPSA) is 52.7 Å². The van der Waals surface area contributed by atoms with Crippen LogP contribution in [-0.4, -0.2) is 42.9 Å². The van der Waals surface area contributed by atoms with Crippen molar-refractivity contribution in [2.45, 2.75) is 20.8 Å². The van der Waals surface area contributed by atoms with Crippen molar-refractivity contribution in [1.82, 2.24) is 4.90 Å². The lowest BCUT2D eigenvalue weighted by Gasteiger charge is -2.39. The van der Waals surface area contributed by atoms with Crippen molar-refractivity contribution in [2.24, 2.45) is 5.41 Å². The number of hydrogen-bond acceptors (Lipinski definition) is 3. The van der Waals surface area contributed by atoms with E-state index in [9.17, 15) is 9.59 Å². The Hall–Kier alpha value is -2.53. The third-order valence-corrected chi connectivity index (χ3v) is 5.47. The molecule has 0 bridgehead atoms. The minimum atomic E-state index is -1.16. The Morgan fingerprint density at radius 1 is 1.00 bits per heavy atom. The summed E-state index contributed by atoms with van der Waals surface area (Å²) in [6.45, 7) is 7.94. The summed E-state index contributed by atoms with van der Waals surface area (Å²) in [4.78, 5) is 30.0. The van der Waals surface area contributed by atoms with Gasteiger partial charge in [0.15, 0.2) is 0 Å². The molecular weight excluding hydrogens is 374 g/mol. The van der Waals surface area contributed by atoms with Crippen LogP contribution >= 0.6 is 11.6 Å². The predicted octanol–water partition coefficient (Wildman–Crippen LogP) is 3.96. The first-order valence-electron chi connectivity index (χ1n) is 9.46. The number of halogens is 1. The summed E-state index contributed by atoms with van der Waals surface area (Å²) >= 11 is 6.03. The Bertz CT molecular complexity index is 859. The molecule has 2 aromatic carbocycles. The number of hydrogen-bond donors (Lipinski definition) is 1. The van der Waals surface area contributed by atoms with Crippen LogP contribution in [0.25, 0.3) is 0 Å². The summed E-state index contributed by atoms with van der Waals surface area (Å²) in [5.41, 5.74) is 1.52. The second-order valence-corrected chi connectivity index (χ2v) is 8.09. The fourth-order valence-electron chi connectivity index (χ4n) is 3.31. The molecule has 3 rings (SSSR count). The first-order chi connectivity index (χ1) is 13.3. The quantitative estimate of drug-likeness (QED) is 0.791. The van der Waals surface area contributed by atoms with E-state index in [1.165, 1.54) is 0 Å². The van der Waals surface area contributed by atoms with Crippen LogP contribution in [0.2, 0.25) is 5.02 Å². The molecule has 1 N–H and O–H groups in total. The van der Waals surface area contributed by atoms with E-state index < -0.39 is 5.41 Å². The van der Waals surface area contributed by atoms with Crippen LogP contribution in [0.3, 0.4) is 0 Å². The van der Waals surface area contributed by atoms with Crippen molar-refractivity contribution in [3.05, 3.63) is 59.1 Å². The van der Waals surface area contributed by atoms with Crippen LogP contribution in [0.15, 0.2) is 48.5 Å². The van der Waals surface area contributed by atoms with Crippen molar-refractivity contribution in [3.63, 3.8) is 0 Å². The van der Waals surface area contributed by atoms with E-state index in [0.29, 0.717) is 23.8 Å². The number of amides is 2. The summed E-state index contributed by atoms with van der Waals surface area (Å²) in [6, 6.07) is 15.5. The number of nitrogens with one attached hydrogen (secondary N) is 1. The van der Waals surface area contributed by atoms with Gasteiger partial charge in [-0.3, -0.25) is 9.59 Å². The number of benzene rings is 2. The molecule has 0 saturated carbocycles. The van der Waals surface area contributed by atoms with Crippen molar-refractivity contribution < 1.29 is 9.59 Å². The van der Waals surface area contributed by atoms with Crippen LogP contribution in [-0.2, 0) is 9.59 Å². The number of nitrogens with zero attached hydrogens (tertiary/aromatic N) is 2. The zero-order valence-corrected chi connectivity index (χ0v) is 17.3. The molecule has 0 spiro atoms. The number of anilines is 2. The van der Waals surface area contributed by atoms with E-state index in [4.69, 9.17) is 11.6 Å². The Balaban J connectivity index is 1.64. The predicted molar refractivity (Wildman–Crippen MR) is 114 cm³/mol. The molecule has 1 saturated heterocycles. The lowest BCUT2D eigenvalue weighted by Crippen LogP contribution is -2.54. The zero-order chi connectivity index (χ0) is 20.3. The number of carbonyl (C=O) groups excluding carboxylic acids is 2. The van der Waals surface area contributed by atoms with Crippen LogP contribution in [0.4, 0.5) is 11.4 Å². The fraction of sp³-hybridized carbons (Fsp3) is 0.364. The van der Waals surface area contributed by atoms with Gasteiger partial charge < -0.3 is 15.1 Å². The van der Waals surface area contributed by atoms with Gasteiger partial charge in [0.2, 0.25) is 11.8 Å². The summed E-state index contributed by atoms with van der Waals surface area (Å²) in [7, 11) is 0. The largest absolute Gasteiger partial charge is 0.368 e. The highest BCUT2D eigenvalue weighted by Gasteiger charge is 2.40. The first-order valence-corrected chi connectivity index (χ1v) is 9.84. The van der Waals surface area contributed by atoms with Gasteiger partial charge in [-0.15, -0.1) is 0 Å². The standard InChI is InChI=1S/C22H26ClN3O2/c1-16-9-10-17(23)15-19(16)24-20(27)22(2,3)21(28)26-13-11-25(12-14-26)18-7-5-4-6-8-18/h4-10,15H,11-14H2,1-3H3,(H,24,27). The number of piperazine rings is 1. The van der Waals surface area contributed by atoms with E-state index in [1.807, 2.05) is 31.2 Å². The van der Waals surface area contributed by atoms with Crippen LogP contribution < -0.4 is 10.2 Å². The molecule has 1 heterocycles. The maximum atomic E-state index is 13.1. The zero-order valence-electron chi connectivity index (χ0n) is 16.5. The van der Waals surface area contributed by atoms with Crippen molar-refractivity contribution >= 4 is 34.8 Å². The smallest absolute Gasteiger partial charge is 0.239 e. The summed E-state index contributed by atoms with van der Waals surface area (Å²) in [6.07, 6.45) is 0. The monoisotopic (exact) mass is 399 g/mol. The van der Waals surface area contributed by atoms with Gasteiger partial charge >= 0.3 is 0 Å². The summed E-state index contributed by atoms with van der Waals surface area (Å²) in [5, 5.41) is 3.41. The van der Waals surface area contributed by atoms with Gasteiger partial charge in [-0.25, -0.2) is 0 Å². The van der Waals surface area contributed by atoms with E-state index in [1.54, 1.807) is 30.9 Å². The third-order valence-electron chi connectivity index (χ3n) is 5.24. The van der Waals surface area contributed by atoms with Crippen molar-refractivity contribution in [1.29, 1.82) is 0 Å². The average Bonchev–Trinajstić information content (AvgIpc) is 2.71. The van der Waals surface area contributed by atoms with Gasteiger partial charge in [-0.05, 0) is 50.6 Å². The molecule has 0 aliphatic carbocycles. The number of aryl methyl sites for hydroxylation is 1. The molecule has 0 atom stereocenters. The SMILES string of the molecule is Cc1ccc(Cl)cc1NC(=O)C(C)(C)C(=O)N1CCN(c2ccccc2)CC1. The molecule has 1 fully saturated rings. The molecule has 1 aliphatic heterocycles. The van der Waals surface area contributed by atoms with Gasteiger partial charge in [-0.1, -0.05) is 35.9 Å². The lowest BCUT2D eigenvalue weighted by atomic mass is 9.89. The molecule has 0 radical (unpaired) electrons. The molecule has 0 unspecified atom stereocenters. The maximum absolute atomic E-state index is 13.1. The summed E-state index contributed by atoms with van der Waals surface area (Å²) in [5.74, 6) is -0.481. The minimum Gasteiger partial charge on any atom is -0.368 e. The average molecular weight is 400 g/mol. The molecule has 28 heavy (non-hydrogen) atoms. The number of carbonyl (C=O) groups is 2. The Labute approximate surface area is 171 Å². The molecule has 148 valence electrons. The highest BCUT2D eigenvalue weighted by atomic mass is 35.5. The minimum absolute atomic E-state index is 0.155. The van der Waals surface area contributed by atoms with E-state index in [0.717, 1.165) is 24.3 Å². The fourth-order valence-corrected chi connectivity index (χ4v) is 3.48. The molecule has 0 aromatic heterocycles. The van der Waals surface area contributed by atoms with Crippen molar-refractivity contribution in [2.75, 3.05) is 36.4 Å². The van der Waals surface area contributed by atoms with Crippen LogP contribution in [0.1, 0.15) is 19.4 Å². The molecule has 2 amide bonds. The highest BCUT2D eigenvalue weighted by Crippen LogP contribution is 2.26. The molecule has 5 nitrogen and oxygen atoms in total. The normalized spacial score (nSPS) is 14.7. The maximum Gasteiger partial charge on any atom is 0.239 e. The second kappa shape index (κ2) is 8.23. The van der Waals surface area contributed by atoms with Crippen LogP contribution in [0.5, 0.6) is 0 Å². The highest BCUT2D eigenvalue weighted by molar-refractivity contribution is 6.31. The van der Waals surface area contributed by atoms with E-state index in [-0.39, 0.29) is 11.8 Å². The van der Waals surface area contributed by atoms with Gasteiger partial charge in [-0.2, -0.15) is 0 Å². The summed E-state index contributed by atoms with van der Waals surface area (Å²) < 4.78 is 0. The molecule has 1 aliphatic rings. The van der Waals surface area contributed by atoms with Crippen molar-refractivity contribution in [3.8, 4) is 0 Å². The number of rotatable bonds is 4. The van der Waals surface area contributed by atoms with Gasteiger partial charge in [0.1, 0.15) is 5.41 Å². The van der Waals surface area contributed by atoms with Gasteiger partial charge in [0.05, 0.1) is 0 Å². The van der Waals surface area contributed by atoms with E-state index in [2.05, 4.69) is 22.3 Å². The van der Waals surface area contributed by atoms with E-state index >= 15 is 0 Å². The first kappa shape index (κ1) is 20.2. The molecule has 2 aromatic rings. The Morgan fingerprint density at radius 3 is 2.29 bits per heavy atom. The molecule has 6 heteroatoms. The molecular formula is C22H26ClN3O2. The van der Waals surface area contributed by atoms with Crippen LogP contribution in [0, 0.1) is 12.3 Å². The van der Waals surface area contributed by atoms with Gasteiger partial charge in [0.25, 0.3) is 0 Å². The lowest BCUT2D eigenvalue weighted by molar-refractivity contribution is -0.146. The third kappa shape index (κ3) is 4.30. The Morgan fingerprint density at radius 2 is 1.64 bits per heavy atom. The Kier molecular flexibility index (Phi) is 5.94. The number of para-hydroxylation sites is 1.